The van der Waals surface area contributed by atoms with Gasteiger partial charge in [-0.3, -0.25) is 0 Å². The van der Waals surface area contributed by atoms with Crippen LogP contribution in [0, 0.1) is 3.57 Å². The fraction of sp³-hybridized carbons (Fsp3) is 0.333. The van der Waals surface area contributed by atoms with Gasteiger partial charge in [-0.05, 0) is 70.3 Å². The second kappa shape index (κ2) is 8.31. The van der Waals surface area contributed by atoms with Crippen LogP contribution in [0.4, 0.5) is 0 Å². The zero-order chi connectivity index (χ0) is 17.7. The van der Waals surface area contributed by atoms with Gasteiger partial charge in [0.15, 0.2) is 0 Å². The number of halogens is 1. The maximum absolute atomic E-state index is 12.6. The third-order valence-electron chi connectivity index (χ3n) is 3.95. The van der Waals surface area contributed by atoms with Crippen molar-refractivity contribution < 1.29 is 13.2 Å². The van der Waals surface area contributed by atoms with Crippen LogP contribution in [0.1, 0.15) is 30.5 Å². The van der Waals surface area contributed by atoms with E-state index in [1.54, 1.807) is 25.3 Å². The molecule has 0 saturated carbocycles. The molecule has 2 rings (SSSR count). The van der Waals surface area contributed by atoms with Crippen LogP contribution >= 0.6 is 22.6 Å². The Hall–Kier alpha value is -1.12. The summed E-state index contributed by atoms with van der Waals surface area (Å²) < 4.78 is 33.8. The Morgan fingerprint density at radius 3 is 2.38 bits per heavy atom. The number of hydrogen-bond donors (Lipinski definition) is 1. The molecule has 130 valence electrons. The molecule has 6 heteroatoms. The van der Waals surface area contributed by atoms with E-state index >= 15 is 0 Å². The molecule has 0 fully saturated rings. The van der Waals surface area contributed by atoms with Gasteiger partial charge < -0.3 is 4.74 Å². The van der Waals surface area contributed by atoms with Crippen LogP contribution in [0.2, 0.25) is 0 Å². The highest BCUT2D eigenvalue weighted by atomic mass is 127. The van der Waals surface area contributed by atoms with Gasteiger partial charge in [0.2, 0.25) is 10.0 Å². The number of benzene rings is 2. The topological polar surface area (TPSA) is 55.4 Å². The molecule has 0 saturated heterocycles. The Morgan fingerprint density at radius 2 is 1.79 bits per heavy atom. The molecule has 0 unspecified atom stereocenters. The van der Waals surface area contributed by atoms with Crippen molar-refractivity contribution in [3.8, 4) is 5.75 Å². The van der Waals surface area contributed by atoms with Crippen LogP contribution in [-0.2, 0) is 29.4 Å². The summed E-state index contributed by atoms with van der Waals surface area (Å²) in [5, 5.41) is 0. The number of aryl methyl sites for hydroxylation is 2. The molecule has 0 bridgehead atoms. The number of rotatable bonds is 7. The minimum Gasteiger partial charge on any atom is -0.496 e. The average Bonchev–Trinajstić information content (AvgIpc) is 2.59. The minimum atomic E-state index is -3.56. The highest BCUT2D eigenvalue weighted by molar-refractivity contribution is 14.1. The summed E-state index contributed by atoms with van der Waals surface area (Å²) in [6, 6.07) is 11.1. The predicted molar refractivity (Wildman–Crippen MR) is 105 cm³/mol. The van der Waals surface area contributed by atoms with Crippen LogP contribution in [-0.4, -0.2) is 15.5 Å². The molecule has 0 aliphatic carbocycles. The summed E-state index contributed by atoms with van der Waals surface area (Å²) in [6.07, 6.45) is 1.81. The molecule has 0 aliphatic heterocycles. The lowest BCUT2D eigenvalue weighted by Crippen LogP contribution is -2.24. The molecule has 1 N–H and O–H groups in total. The summed E-state index contributed by atoms with van der Waals surface area (Å²) in [5.41, 5.74) is 3.41. The molecule has 2 aromatic carbocycles. The van der Waals surface area contributed by atoms with Crippen LogP contribution in [0.25, 0.3) is 0 Å². The molecule has 0 atom stereocenters. The average molecular weight is 459 g/mol. The van der Waals surface area contributed by atoms with Gasteiger partial charge in [0, 0.05) is 6.54 Å². The van der Waals surface area contributed by atoms with Gasteiger partial charge >= 0.3 is 0 Å². The molecule has 0 aliphatic rings. The maximum atomic E-state index is 12.6. The zero-order valence-corrected chi connectivity index (χ0v) is 17.1. The Labute approximate surface area is 157 Å². The summed E-state index contributed by atoms with van der Waals surface area (Å²) >= 11 is 2.07. The zero-order valence-electron chi connectivity index (χ0n) is 14.1. The van der Waals surface area contributed by atoms with Crippen molar-refractivity contribution in [2.24, 2.45) is 0 Å². The van der Waals surface area contributed by atoms with Crippen LogP contribution < -0.4 is 9.46 Å². The van der Waals surface area contributed by atoms with Gasteiger partial charge in [0.25, 0.3) is 0 Å². The van der Waals surface area contributed by atoms with Crippen LogP contribution in [0.3, 0.4) is 0 Å². The highest BCUT2D eigenvalue weighted by Gasteiger charge is 2.16. The van der Waals surface area contributed by atoms with E-state index in [4.69, 9.17) is 4.74 Å². The molecule has 4 nitrogen and oxygen atoms in total. The molecule has 0 spiro atoms. The first kappa shape index (κ1) is 19.2. The fourth-order valence-electron chi connectivity index (χ4n) is 2.48. The van der Waals surface area contributed by atoms with Crippen molar-refractivity contribution in [1.82, 2.24) is 4.72 Å². The van der Waals surface area contributed by atoms with Crippen molar-refractivity contribution in [3.05, 3.63) is 56.7 Å². The SMILES string of the molecule is CCc1ccc(CC)c(CNS(=O)(=O)c2ccc(OC)c(I)c2)c1. The van der Waals surface area contributed by atoms with Crippen molar-refractivity contribution in [3.63, 3.8) is 0 Å². The van der Waals surface area contributed by atoms with E-state index in [0.29, 0.717) is 12.3 Å². The molecule has 24 heavy (non-hydrogen) atoms. The first-order valence-corrected chi connectivity index (χ1v) is 10.4. The van der Waals surface area contributed by atoms with Crippen LogP contribution in [0.15, 0.2) is 41.3 Å². The van der Waals surface area contributed by atoms with E-state index in [-0.39, 0.29) is 4.90 Å². The largest absolute Gasteiger partial charge is 0.496 e. The minimum absolute atomic E-state index is 0.248. The maximum Gasteiger partial charge on any atom is 0.240 e. The van der Waals surface area contributed by atoms with Gasteiger partial charge in [0.1, 0.15) is 5.75 Å². The second-order valence-corrected chi connectivity index (χ2v) is 8.36. The molecule has 0 amide bonds. The lowest BCUT2D eigenvalue weighted by molar-refractivity contribution is 0.411. The normalized spacial score (nSPS) is 11.5. The summed E-state index contributed by atoms with van der Waals surface area (Å²) in [4.78, 5) is 0.248. The van der Waals surface area contributed by atoms with E-state index < -0.39 is 10.0 Å². The van der Waals surface area contributed by atoms with Crippen LogP contribution in [0.5, 0.6) is 5.75 Å². The monoisotopic (exact) mass is 459 g/mol. The number of sulfonamides is 1. The van der Waals surface area contributed by atoms with Gasteiger partial charge in [-0.1, -0.05) is 32.0 Å². The lowest BCUT2D eigenvalue weighted by Gasteiger charge is -2.12. The molecule has 0 heterocycles. The number of hydrogen-bond acceptors (Lipinski definition) is 3. The number of methoxy groups -OCH3 is 1. The molecule has 0 aromatic heterocycles. The van der Waals surface area contributed by atoms with E-state index in [1.807, 2.05) is 0 Å². The van der Waals surface area contributed by atoms with E-state index in [9.17, 15) is 8.42 Å². The number of nitrogens with one attached hydrogen (secondary N) is 1. The first-order valence-electron chi connectivity index (χ1n) is 7.85. The summed E-state index contributed by atoms with van der Waals surface area (Å²) in [5.74, 6) is 0.665. The number of ether oxygens (including phenoxy) is 1. The molecular weight excluding hydrogens is 437 g/mol. The molecule has 2 aromatic rings. The Bertz CT molecular complexity index is 819. The lowest BCUT2D eigenvalue weighted by atomic mass is 10.0. The van der Waals surface area contributed by atoms with E-state index in [0.717, 1.165) is 22.0 Å². The van der Waals surface area contributed by atoms with Crippen molar-refractivity contribution in [2.75, 3.05) is 7.11 Å². The Kier molecular flexibility index (Phi) is 6.65. The standard InChI is InChI=1S/C18H22INO3S/c1-4-13-6-7-14(5-2)15(10-13)12-20-24(21,22)16-8-9-18(23-3)17(19)11-16/h6-11,20H,4-5,12H2,1-3H3. The third-order valence-corrected chi connectivity index (χ3v) is 6.19. The molecule has 0 radical (unpaired) electrons. The van der Waals surface area contributed by atoms with E-state index in [1.165, 1.54) is 11.1 Å². The summed E-state index contributed by atoms with van der Waals surface area (Å²) in [6.45, 7) is 4.46. The molecular formula is C18H22INO3S. The summed E-state index contributed by atoms with van der Waals surface area (Å²) in [7, 11) is -1.99. The fourth-order valence-corrected chi connectivity index (χ4v) is 4.46. The van der Waals surface area contributed by atoms with Crippen molar-refractivity contribution in [2.45, 2.75) is 38.1 Å². The van der Waals surface area contributed by atoms with Gasteiger partial charge in [-0.25, -0.2) is 13.1 Å². The van der Waals surface area contributed by atoms with Gasteiger partial charge in [-0.2, -0.15) is 0 Å². The first-order chi connectivity index (χ1) is 11.4. The Balaban J connectivity index is 2.23. The van der Waals surface area contributed by atoms with Crippen molar-refractivity contribution >= 4 is 32.6 Å². The third kappa shape index (κ3) is 4.49. The van der Waals surface area contributed by atoms with E-state index in [2.05, 4.69) is 59.4 Å². The highest BCUT2D eigenvalue weighted by Crippen LogP contribution is 2.24. The quantitative estimate of drug-likeness (QED) is 0.640. The second-order valence-electron chi connectivity index (χ2n) is 5.43. The predicted octanol–water partition coefficient (Wildman–Crippen LogP) is 3.90. The van der Waals surface area contributed by atoms with Crippen molar-refractivity contribution in [1.29, 1.82) is 0 Å². The Morgan fingerprint density at radius 1 is 1.04 bits per heavy atom. The van der Waals surface area contributed by atoms with Gasteiger partial charge in [0.05, 0.1) is 15.6 Å². The van der Waals surface area contributed by atoms with Gasteiger partial charge in [-0.15, -0.1) is 0 Å². The smallest absolute Gasteiger partial charge is 0.240 e.